The van der Waals surface area contributed by atoms with Crippen molar-refractivity contribution >= 4 is 0 Å². The van der Waals surface area contributed by atoms with Gasteiger partial charge in [0.05, 0.1) is 6.10 Å². The summed E-state index contributed by atoms with van der Waals surface area (Å²) >= 11 is 0. The first kappa shape index (κ1) is 21.7. The molecule has 4 atom stereocenters. The van der Waals surface area contributed by atoms with E-state index in [2.05, 4.69) is 34.3 Å². The monoisotopic (exact) mass is 312 g/mol. The highest BCUT2D eigenvalue weighted by Gasteiger charge is 2.26. The largest absolute Gasteiger partial charge is 0.390 e. The molecule has 0 heterocycles. The molecule has 0 aromatic heterocycles. The first-order chi connectivity index (χ1) is 10.2. The van der Waals surface area contributed by atoms with E-state index < -0.39 is 11.7 Å². The van der Waals surface area contributed by atoms with E-state index in [1.54, 1.807) is 6.92 Å². The summed E-state index contributed by atoms with van der Waals surface area (Å²) in [6, 6.07) is 0. The van der Waals surface area contributed by atoms with Gasteiger partial charge in [-0.3, -0.25) is 0 Å². The molecule has 0 fully saturated rings. The minimum Gasteiger partial charge on any atom is -0.390 e. The molecule has 0 saturated heterocycles. The van der Waals surface area contributed by atoms with Crippen LogP contribution in [-0.2, 0) is 0 Å². The standard InChI is InChI=1S/C20H40O2/c1-7-20(6,22)19(21)15-14-18(5)13-9-12-17(4)11-8-10-16(2)3/h7,16-19,21-22H,1,8-15H2,2-6H3/t17-,18+,19-,20-/m1/s1. The molecular weight excluding hydrogens is 272 g/mol. The normalized spacial score (nSPS) is 18.7. The van der Waals surface area contributed by atoms with Crippen molar-refractivity contribution in [3.05, 3.63) is 12.7 Å². The molecule has 132 valence electrons. The second kappa shape index (κ2) is 11.2. The van der Waals surface area contributed by atoms with Gasteiger partial charge in [-0.15, -0.1) is 6.58 Å². The molecule has 0 aromatic rings. The van der Waals surface area contributed by atoms with E-state index in [1.807, 2.05) is 0 Å². The van der Waals surface area contributed by atoms with Crippen molar-refractivity contribution in [2.75, 3.05) is 0 Å². The van der Waals surface area contributed by atoms with E-state index in [0.717, 1.165) is 18.3 Å². The van der Waals surface area contributed by atoms with Gasteiger partial charge >= 0.3 is 0 Å². The lowest BCUT2D eigenvalue weighted by molar-refractivity contribution is -0.0323. The van der Waals surface area contributed by atoms with Gasteiger partial charge in [0, 0.05) is 0 Å². The quantitative estimate of drug-likeness (QED) is 0.451. The highest BCUT2D eigenvalue weighted by Crippen LogP contribution is 2.23. The van der Waals surface area contributed by atoms with Crippen LogP contribution in [0.2, 0.25) is 0 Å². The molecule has 0 unspecified atom stereocenters. The summed E-state index contributed by atoms with van der Waals surface area (Å²) in [5, 5.41) is 19.9. The lowest BCUT2D eigenvalue weighted by Crippen LogP contribution is -2.37. The van der Waals surface area contributed by atoms with Crippen molar-refractivity contribution < 1.29 is 10.2 Å². The SMILES string of the molecule is C=C[C@@](C)(O)[C@H](O)CC[C@@H](C)CCC[C@H](C)CCCC(C)C. The molecule has 2 N–H and O–H groups in total. The number of hydrogen-bond donors (Lipinski definition) is 2. The minimum absolute atomic E-state index is 0.609. The van der Waals surface area contributed by atoms with Crippen molar-refractivity contribution in [2.45, 2.75) is 97.7 Å². The van der Waals surface area contributed by atoms with Gasteiger partial charge in [-0.2, -0.15) is 0 Å². The van der Waals surface area contributed by atoms with E-state index >= 15 is 0 Å². The van der Waals surface area contributed by atoms with Gasteiger partial charge < -0.3 is 10.2 Å². The Morgan fingerprint density at radius 2 is 1.32 bits per heavy atom. The van der Waals surface area contributed by atoms with Crippen molar-refractivity contribution in [2.24, 2.45) is 17.8 Å². The Labute approximate surface area is 139 Å². The molecule has 0 amide bonds. The number of aliphatic hydroxyl groups is 2. The van der Waals surface area contributed by atoms with Gasteiger partial charge in [0.15, 0.2) is 0 Å². The number of aliphatic hydroxyl groups excluding tert-OH is 1. The molecule has 0 spiro atoms. The number of rotatable bonds is 13. The van der Waals surface area contributed by atoms with Gasteiger partial charge in [0.1, 0.15) is 5.60 Å². The fourth-order valence-corrected chi connectivity index (χ4v) is 2.85. The molecule has 0 bridgehead atoms. The van der Waals surface area contributed by atoms with Crippen LogP contribution in [-0.4, -0.2) is 21.9 Å². The highest BCUT2D eigenvalue weighted by molar-refractivity contribution is 4.97. The Bertz CT molecular complexity index is 283. The lowest BCUT2D eigenvalue weighted by atomic mass is 9.89. The Morgan fingerprint density at radius 1 is 0.864 bits per heavy atom. The zero-order chi connectivity index (χ0) is 17.2. The Hall–Kier alpha value is -0.340. The zero-order valence-electron chi connectivity index (χ0n) is 15.6. The lowest BCUT2D eigenvalue weighted by Gasteiger charge is -2.26. The Morgan fingerprint density at radius 3 is 1.77 bits per heavy atom. The second-order valence-corrected chi connectivity index (χ2v) is 7.99. The van der Waals surface area contributed by atoms with Crippen LogP contribution in [0.1, 0.15) is 86.0 Å². The molecular formula is C20H40O2. The molecule has 22 heavy (non-hydrogen) atoms. The molecule has 0 aromatic carbocycles. The molecule has 0 aliphatic carbocycles. The van der Waals surface area contributed by atoms with E-state index in [1.165, 1.54) is 44.6 Å². The van der Waals surface area contributed by atoms with E-state index in [0.29, 0.717) is 12.3 Å². The summed E-state index contributed by atoms with van der Waals surface area (Å²) in [6.45, 7) is 14.4. The molecule has 2 heteroatoms. The molecule has 2 nitrogen and oxygen atoms in total. The molecule has 0 aliphatic heterocycles. The van der Waals surface area contributed by atoms with Gasteiger partial charge in [0.25, 0.3) is 0 Å². The fourth-order valence-electron chi connectivity index (χ4n) is 2.85. The van der Waals surface area contributed by atoms with Crippen molar-refractivity contribution in [3.63, 3.8) is 0 Å². The molecule has 0 aliphatic rings. The maximum absolute atomic E-state index is 9.96. The first-order valence-corrected chi connectivity index (χ1v) is 9.23. The summed E-state index contributed by atoms with van der Waals surface area (Å²) < 4.78 is 0. The average molecular weight is 313 g/mol. The third-order valence-corrected chi connectivity index (χ3v) is 4.89. The molecule has 0 saturated carbocycles. The second-order valence-electron chi connectivity index (χ2n) is 7.99. The maximum Gasteiger partial charge on any atom is 0.105 e. The van der Waals surface area contributed by atoms with Gasteiger partial charge in [-0.25, -0.2) is 0 Å². The van der Waals surface area contributed by atoms with Gasteiger partial charge in [-0.1, -0.05) is 72.3 Å². The molecule has 0 rings (SSSR count). The minimum atomic E-state index is -1.16. The summed E-state index contributed by atoms with van der Waals surface area (Å²) in [7, 11) is 0. The van der Waals surface area contributed by atoms with Crippen LogP contribution in [0.5, 0.6) is 0 Å². The zero-order valence-corrected chi connectivity index (χ0v) is 15.6. The predicted octanol–water partition coefficient (Wildman–Crippen LogP) is 5.33. The summed E-state index contributed by atoms with van der Waals surface area (Å²) in [4.78, 5) is 0. The summed E-state index contributed by atoms with van der Waals surface area (Å²) in [5.41, 5.74) is -1.16. The summed E-state index contributed by atoms with van der Waals surface area (Å²) in [6.07, 6.45) is 10.2. The van der Waals surface area contributed by atoms with Crippen LogP contribution in [0.15, 0.2) is 12.7 Å². The van der Waals surface area contributed by atoms with E-state index in [9.17, 15) is 10.2 Å². The topological polar surface area (TPSA) is 40.5 Å². The van der Waals surface area contributed by atoms with Crippen molar-refractivity contribution in [1.29, 1.82) is 0 Å². The predicted molar refractivity (Wildman–Crippen MR) is 96.9 cm³/mol. The van der Waals surface area contributed by atoms with Crippen molar-refractivity contribution in [3.8, 4) is 0 Å². The maximum atomic E-state index is 9.96. The number of hydrogen-bond acceptors (Lipinski definition) is 2. The van der Waals surface area contributed by atoms with Gasteiger partial charge in [-0.05, 0) is 37.5 Å². The van der Waals surface area contributed by atoms with Crippen LogP contribution in [0.3, 0.4) is 0 Å². The van der Waals surface area contributed by atoms with Gasteiger partial charge in [0.2, 0.25) is 0 Å². The van der Waals surface area contributed by atoms with Crippen LogP contribution in [0.4, 0.5) is 0 Å². The third-order valence-electron chi connectivity index (χ3n) is 4.89. The van der Waals surface area contributed by atoms with Crippen LogP contribution in [0.25, 0.3) is 0 Å². The molecule has 0 radical (unpaired) electrons. The third kappa shape index (κ3) is 10.4. The smallest absolute Gasteiger partial charge is 0.105 e. The average Bonchev–Trinajstić information content (AvgIpc) is 2.44. The van der Waals surface area contributed by atoms with Crippen LogP contribution in [0, 0.1) is 17.8 Å². The fraction of sp³-hybridized carbons (Fsp3) is 0.900. The van der Waals surface area contributed by atoms with Crippen molar-refractivity contribution in [1.82, 2.24) is 0 Å². The first-order valence-electron chi connectivity index (χ1n) is 9.23. The highest BCUT2D eigenvalue weighted by atomic mass is 16.3. The Balaban J connectivity index is 3.73. The van der Waals surface area contributed by atoms with Crippen LogP contribution < -0.4 is 0 Å². The Kier molecular flexibility index (Phi) is 11.1. The van der Waals surface area contributed by atoms with E-state index in [-0.39, 0.29) is 0 Å². The van der Waals surface area contributed by atoms with Crippen LogP contribution >= 0.6 is 0 Å². The summed E-state index contributed by atoms with van der Waals surface area (Å²) in [5.74, 6) is 2.27. The van der Waals surface area contributed by atoms with E-state index in [4.69, 9.17) is 0 Å².